The van der Waals surface area contributed by atoms with Crippen molar-refractivity contribution in [3.8, 4) is 39.9 Å². The minimum absolute atomic E-state index is 0. The van der Waals surface area contributed by atoms with Gasteiger partial charge >= 0.3 is 16.8 Å². The molecule has 1 atom stereocenters. The largest absolute Gasteiger partial charge is 0.497 e. The van der Waals surface area contributed by atoms with Gasteiger partial charge < -0.3 is 46.2 Å². The predicted molar refractivity (Wildman–Crippen MR) is 239 cm³/mol. The lowest BCUT2D eigenvalue weighted by Crippen LogP contribution is -2.15. The van der Waals surface area contributed by atoms with Crippen LogP contribution in [-0.4, -0.2) is 41.0 Å². The van der Waals surface area contributed by atoms with Crippen molar-refractivity contribution in [2.24, 2.45) is 0 Å². The molecule has 0 spiro atoms. The highest BCUT2D eigenvalue weighted by molar-refractivity contribution is 7.42. The van der Waals surface area contributed by atoms with E-state index in [1.54, 1.807) is 35.5 Å². The van der Waals surface area contributed by atoms with E-state index in [1.165, 1.54) is 0 Å². The van der Waals surface area contributed by atoms with Crippen LogP contribution in [0.1, 0.15) is 111 Å². The third-order valence-corrected chi connectivity index (χ3v) is 11.8. The fourth-order valence-corrected chi connectivity index (χ4v) is 8.65. The van der Waals surface area contributed by atoms with Crippen molar-refractivity contribution in [3.63, 3.8) is 0 Å². The molecular weight excluding hydrogens is 774 g/mol. The minimum Gasteiger partial charge on any atom is -0.497 e. The molecule has 1 aromatic heterocycles. The Hall–Kier alpha value is -3.91. The molecule has 318 valence electrons. The molecule has 4 aromatic carbocycles. The van der Waals surface area contributed by atoms with E-state index in [4.69, 9.17) is 40.7 Å². The summed E-state index contributed by atoms with van der Waals surface area (Å²) < 4.78 is 57.3. The first-order chi connectivity index (χ1) is 26.4. The Morgan fingerprint density at radius 1 is 0.483 bits per heavy atom. The second-order valence-corrected chi connectivity index (χ2v) is 20.9. The van der Waals surface area contributed by atoms with Gasteiger partial charge in [-0.2, -0.15) is 0 Å². The van der Waals surface area contributed by atoms with E-state index in [2.05, 4.69) is 108 Å². The molecule has 10 nitrogen and oxygen atoms in total. The molecule has 0 bridgehead atoms. The topological polar surface area (TPSA) is 122 Å². The van der Waals surface area contributed by atoms with Gasteiger partial charge in [0.2, 0.25) is 0 Å². The average molecular weight is 839 g/mol. The molecule has 1 unspecified atom stereocenters. The molecule has 0 saturated carbocycles. The Morgan fingerprint density at radius 2 is 0.862 bits per heavy atom. The maximum Gasteiger partial charge on any atom is 0.453 e. The Balaban J connectivity index is 0.00000744. The molecule has 0 fully saturated rings. The van der Waals surface area contributed by atoms with Gasteiger partial charge in [-0.3, -0.25) is 0 Å². The summed E-state index contributed by atoms with van der Waals surface area (Å²) in [7, 11) is 4.25. The average Bonchev–Trinajstić information content (AvgIpc) is 3.27. The summed E-state index contributed by atoms with van der Waals surface area (Å²) in [5, 5.41) is 1.80. The second-order valence-electron chi connectivity index (χ2n) is 18.5. The molecule has 0 aliphatic carbocycles. The fraction of sp³-hybridized carbons (Fsp3) is 0.478. The van der Waals surface area contributed by atoms with Crippen molar-refractivity contribution in [1.29, 1.82) is 0 Å². The zero-order chi connectivity index (χ0) is 42.4. The van der Waals surface area contributed by atoms with Crippen molar-refractivity contribution in [2.45, 2.75) is 112 Å². The Morgan fingerprint density at radius 3 is 1.29 bits per heavy atom. The first kappa shape index (κ1) is 46.8. The van der Waals surface area contributed by atoms with Crippen LogP contribution < -0.4 is 23.3 Å². The molecule has 0 amide bonds. The molecule has 0 aliphatic heterocycles. The van der Waals surface area contributed by atoms with Crippen LogP contribution in [0.3, 0.4) is 0 Å². The molecule has 0 saturated heterocycles. The van der Waals surface area contributed by atoms with Crippen LogP contribution in [0.4, 0.5) is 0 Å². The number of hydrogen-bond donors (Lipinski definition) is 0. The number of methoxy groups -OCH3 is 3. The molecule has 1 heterocycles. The molecule has 5 rings (SSSR count). The molecular formula is C46H64O10P2. The van der Waals surface area contributed by atoms with Crippen LogP contribution >= 0.6 is 16.8 Å². The Labute approximate surface area is 347 Å². The molecule has 5 aromatic rings. The van der Waals surface area contributed by atoms with Crippen LogP contribution in [0.2, 0.25) is 0 Å². The van der Waals surface area contributed by atoms with Crippen LogP contribution in [-0.2, 0) is 30.7 Å². The van der Waals surface area contributed by atoms with Gasteiger partial charge in [-0.05, 0) is 76.6 Å². The maximum absolute atomic E-state index is 7.31. The second kappa shape index (κ2) is 17.4. The van der Waals surface area contributed by atoms with Crippen molar-refractivity contribution < 1.29 is 46.2 Å². The standard InChI is InChI=1S/C46H62O9P2.H2O/c1-27-19-31-32-21-28(47-14)25-37(45(8,9)10)41(32)54-57(53-39(31)35(20-27)43(2,3)4)55-42-34(23-30(49-16)26-38(42)46(11,12)13)33-22-29(48-15)24-36(44(5,6)7)40(33)52-56(50-17)51-18;/h19-26H,1-18H3;1H2. The van der Waals surface area contributed by atoms with Crippen LogP contribution in [0.15, 0.2) is 56.9 Å². The van der Waals surface area contributed by atoms with Crippen molar-refractivity contribution in [1.82, 2.24) is 0 Å². The molecule has 0 radical (unpaired) electrons. The normalized spacial score (nSPS) is 12.8. The Bertz CT molecular complexity index is 2300. The van der Waals surface area contributed by atoms with Gasteiger partial charge in [-0.15, -0.1) is 0 Å². The third kappa shape index (κ3) is 9.75. The highest BCUT2D eigenvalue weighted by atomic mass is 31.2. The van der Waals surface area contributed by atoms with E-state index in [9.17, 15) is 0 Å². The van der Waals surface area contributed by atoms with Crippen molar-refractivity contribution in [3.05, 3.63) is 76.3 Å². The van der Waals surface area contributed by atoms with Crippen molar-refractivity contribution >= 4 is 38.8 Å². The number of fused-ring (bicyclic) bond motifs is 3. The van der Waals surface area contributed by atoms with Gasteiger partial charge in [-0.1, -0.05) is 89.2 Å². The number of ether oxygens (including phenoxy) is 3. The molecule has 2 N–H and O–H groups in total. The van der Waals surface area contributed by atoms with E-state index < -0.39 is 22.3 Å². The molecule has 0 aliphatic rings. The predicted octanol–water partition coefficient (Wildman–Crippen LogP) is 13.4. The minimum atomic E-state index is -2.16. The van der Waals surface area contributed by atoms with E-state index in [1.807, 2.05) is 30.3 Å². The SMILES string of the molecule is COc1cc(-c2cc(OC)cc(C(C)(C)C)c2Op2oc3c(C(C)(C)C)cc(C)cc3c3cc(OC)cc(C(C)(C)C)c3o2)c(OP(OC)OC)c(C(C)(C)C)c1.O. The summed E-state index contributed by atoms with van der Waals surface area (Å²) in [4.78, 5) is 0. The van der Waals surface area contributed by atoms with E-state index in [-0.39, 0.29) is 21.7 Å². The van der Waals surface area contributed by atoms with Gasteiger partial charge in [-0.25, -0.2) is 0 Å². The maximum atomic E-state index is 7.31. The summed E-state index contributed by atoms with van der Waals surface area (Å²) >= 11 is 0. The van der Waals surface area contributed by atoms with E-state index in [0.29, 0.717) is 45.3 Å². The number of aryl methyl sites for hydroxylation is 1. The van der Waals surface area contributed by atoms with Gasteiger partial charge in [0, 0.05) is 58.4 Å². The lowest BCUT2D eigenvalue weighted by atomic mass is 9.81. The lowest BCUT2D eigenvalue weighted by molar-refractivity contribution is 0.275. The van der Waals surface area contributed by atoms with E-state index in [0.717, 1.165) is 44.3 Å². The monoisotopic (exact) mass is 838 g/mol. The van der Waals surface area contributed by atoms with E-state index >= 15 is 0 Å². The van der Waals surface area contributed by atoms with Gasteiger partial charge in [0.05, 0.1) is 21.3 Å². The fourth-order valence-electron chi connectivity index (χ4n) is 6.86. The highest BCUT2D eigenvalue weighted by Gasteiger charge is 2.33. The smallest absolute Gasteiger partial charge is 0.453 e. The van der Waals surface area contributed by atoms with Gasteiger partial charge in [0.1, 0.15) is 39.9 Å². The molecule has 58 heavy (non-hydrogen) atoms. The number of benzene rings is 4. The third-order valence-electron chi connectivity index (χ3n) is 9.90. The summed E-state index contributed by atoms with van der Waals surface area (Å²) in [5.41, 5.74) is 6.33. The summed E-state index contributed by atoms with van der Waals surface area (Å²) in [6.45, 7) is 28.0. The first-order valence-electron chi connectivity index (χ1n) is 19.2. The van der Waals surface area contributed by atoms with Crippen LogP contribution in [0, 0.1) is 6.92 Å². The van der Waals surface area contributed by atoms with Crippen LogP contribution in [0.5, 0.6) is 28.7 Å². The lowest BCUT2D eigenvalue weighted by Gasteiger charge is -2.29. The van der Waals surface area contributed by atoms with Gasteiger partial charge in [0.15, 0.2) is 0 Å². The zero-order valence-corrected chi connectivity index (χ0v) is 39.5. The first-order valence-corrected chi connectivity index (χ1v) is 21.4. The molecule has 12 heteroatoms. The van der Waals surface area contributed by atoms with Crippen molar-refractivity contribution in [2.75, 3.05) is 35.5 Å². The van der Waals surface area contributed by atoms with Gasteiger partial charge in [0.25, 0.3) is 0 Å². The number of hydrogen-bond acceptors (Lipinski definition) is 9. The Kier molecular flexibility index (Phi) is 14.0. The highest BCUT2D eigenvalue weighted by Crippen LogP contribution is 2.55. The quantitative estimate of drug-likeness (QED) is 0.126. The summed E-state index contributed by atoms with van der Waals surface area (Å²) in [6.07, 6.45) is 0. The summed E-state index contributed by atoms with van der Waals surface area (Å²) in [5.74, 6) is 3.17. The van der Waals surface area contributed by atoms with Crippen LogP contribution in [0.25, 0.3) is 33.1 Å². The number of rotatable bonds is 10. The summed E-state index contributed by atoms with van der Waals surface area (Å²) in [6, 6.07) is 16.4. The zero-order valence-electron chi connectivity index (χ0n) is 37.7.